The van der Waals surface area contributed by atoms with Crippen molar-refractivity contribution in [3.63, 3.8) is 0 Å². The van der Waals surface area contributed by atoms with Crippen LogP contribution in [-0.4, -0.2) is 16.9 Å². The van der Waals surface area contributed by atoms with Crippen molar-refractivity contribution in [1.82, 2.24) is 0 Å². The van der Waals surface area contributed by atoms with Gasteiger partial charge in [0.1, 0.15) is 10.8 Å². The fourth-order valence-electron chi connectivity index (χ4n) is 2.75. The van der Waals surface area contributed by atoms with Crippen molar-refractivity contribution in [1.29, 1.82) is 0 Å². The molecule has 6 heteroatoms. The van der Waals surface area contributed by atoms with Gasteiger partial charge in [0.2, 0.25) is 0 Å². The maximum absolute atomic E-state index is 12.3. The van der Waals surface area contributed by atoms with Crippen LogP contribution in [0.4, 0.5) is 5.00 Å². The van der Waals surface area contributed by atoms with Crippen LogP contribution in [0.3, 0.4) is 0 Å². The van der Waals surface area contributed by atoms with Crippen LogP contribution in [0.1, 0.15) is 44.0 Å². The molecule has 3 rings (SSSR count). The molecule has 1 aromatic heterocycles. The van der Waals surface area contributed by atoms with Crippen LogP contribution < -0.4 is 11.1 Å². The van der Waals surface area contributed by atoms with E-state index in [-0.39, 0.29) is 11.3 Å². The number of carbonyl (C=O) groups is 2. The molecule has 0 unspecified atom stereocenters. The molecule has 4 N–H and O–H groups in total. The van der Waals surface area contributed by atoms with Gasteiger partial charge in [0.15, 0.2) is 0 Å². The zero-order valence-electron chi connectivity index (χ0n) is 11.9. The summed E-state index contributed by atoms with van der Waals surface area (Å²) in [5.74, 6) is -1.06. The lowest BCUT2D eigenvalue weighted by Gasteiger charge is -2.11. The largest absolute Gasteiger partial charge is 0.507 e. The van der Waals surface area contributed by atoms with E-state index in [4.69, 9.17) is 5.73 Å². The molecular weight excluding hydrogens is 300 g/mol. The number of hydrogen-bond acceptors (Lipinski definition) is 4. The molecule has 0 fully saturated rings. The molecule has 1 aromatic carbocycles. The summed E-state index contributed by atoms with van der Waals surface area (Å²) >= 11 is 1.40. The Labute approximate surface area is 131 Å². The number of para-hydroxylation sites is 1. The number of aryl methyl sites for hydroxylation is 1. The number of nitrogens with two attached hydrogens (primary N) is 1. The average Bonchev–Trinajstić information content (AvgIpc) is 2.85. The second kappa shape index (κ2) is 5.81. The molecule has 2 aromatic rings. The van der Waals surface area contributed by atoms with Crippen molar-refractivity contribution < 1.29 is 14.7 Å². The quantitative estimate of drug-likeness (QED) is 0.813. The van der Waals surface area contributed by atoms with Gasteiger partial charge in [-0.15, -0.1) is 11.3 Å². The third-order valence-corrected chi connectivity index (χ3v) is 5.00. The number of hydrogen-bond donors (Lipinski definition) is 3. The molecule has 114 valence electrons. The number of phenolic OH excluding ortho intramolecular Hbond substituents is 1. The molecule has 0 saturated heterocycles. The zero-order valence-corrected chi connectivity index (χ0v) is 12.7. The number of thiophene rings is 1. The molecule has 0 bridgehead atoms. The van der Waals surface area contributed by atoms with Gasteiger partial charge in [-0.05, 0) is 43.4 Å². The Bertz CT molecular complexity index is 752. The minimum absolute atomic E-state index is 0.0954. The number of primary amides is 1. The fraction of sp³-hybridized carbons (Fsp3) is 0.250. The highest BCUT2D eigenvalue weighted by molar-refractivity contribution is 7.17. The highest BCUT2D eigenvalue weighted by atomic mass is 32.1. The van der Waals surface area contributed by atoms with E-state index in [1.165, 1.54) is 23.5 Å². The van der Waals surface area contributed by atoms with Gasteiger partial charge in [-0.2, -0.15) is 0 Å². The first kappa shape index (κ1) is 14.6. The van der Waals surface area contributed by atoms with Gasteiger partial charge < -0.3 is 16.2 Å². The van der Waals surface area contributed by atoms with Crippen molar-refractivity contribution in [2.45, 2.75) is 25.7 Å². The highest BCUT2D eigenvalue weighted by Gasteiger charge is 2.25. The summed E-state index contributed by atoms with van der Waals surface area (Å²) in [4.78, 5) is 25.2. The van der Waals surface area contributed by atoms with Gasteiger partial charge in [0.05, 0.1) is 11.1 Å². The van der Waals surface area contributed by atoms with Crippen LogP contribution in [-0.2, 0) is 12.8 Å². The predicted octanol–water partition coefficient (Wildman–Crippen LogP) is 2.68. The molecule has 1 aliphatic carbocycles. The Morgan fingerprint density at radius 1 is 1.18 bits per heavy atom. The number of carbonyl (C=O) groups excluding carboxylic acids is 2. The molecular formula is C16H16N2O3S. The van der Waals surface area contributed by atoms with Crippen LogP contribution in [0.15, 0.2) is 24.3 Å². The van der Waals surface area contributed by atoms with Crippen LogP contribution in [0, 0.1) is 0 Å². The minimum Gasteiger partial charge on any atom is -0.507 e. The molecule has 0 aliphatic heterocycles. The molecule has 1 aliphatic rings. The third-order valence-electron chi connectivity index (χ3n) is 3.79. The predicted molar refractivity (Wildman–Crippen MR) is 85.5 cm³/mol. The van der Waals surface area contributed by atoms with Crippen molar-refractivity contribution in [2.24, 2.45) is 5.73 Å². The Morgan fingerprint density at radius 3 is 2.64 bits per heavy atom. The molecule has 0 atom stereocenters. The minimum atomic E-state index is -0.521. The number of rotatable bonds is 3. The summed E-state index contributed by atoms with van der Waals surface area (Å²) in [5, 5.41) is 13.0. The third kappa shape index (κ3) is 2.57. The summed E-state index contributed by atoms with van der Waals surface area (Å²) in [6, 6.07) is 6.29. The number of amides is 2. The van der Waals surface area contributed by atoms with Crippen molar-refractivity contribution in [3.05, 3.63) is 45.8 Å². The SMILES string of the molecule is NC(=O)c1c(NC(=O)c2ccccc2O)sc2c1CCCC2. The van der Waals surface area contributed by atoms with Gasteiger partial charge >= 0.3 is 0 Å². The van der Waals surface area contributed by atoms with Crippen LogP contribution in [0.5, 0.6) is 5.75 Å². The van der Waals surface area contributed by atoms with Crippen LogP contribution in [0.25, 0.3) is 0 Å². The number of nitrogens with one attached hydrogen (secondary N) is 1. The lowest BCUT2D eigenvalue weighted by Crippen LogP contribution is -2.18. The first-order valence-electron chi connectivity index (χ1n) is 7.11. The molecule has 0 saturated carbocycles. The molecule has 2 amide bonds. The molecule has 0 spiro atoms. The number of aromatic hydroxyl groups is 1. The summed E-state index contributed by atoms with van der Waals surface area (Å²) < 4.78 is 0. The Morgan fingerprint density at radius 2 is 1.91 bits per heavy atom. The summed E-state index contributed by atoms with van der Waals surface area (Å²) in [7, 11) is 0. The average molecular weight is 316 g/mol. The zero-order chi connectivity index (χ0) is 15.7. The summed E-state index contributed by atoms with van der Waals surface area (Å²) in [5.41, 5.74) is 7.05. The van der Waals surface area contributed by atoms with Gasteiger partial charge in [-0.3, -0.25) is 9.59 Å². The number of fused-ring (bicyclic) bond motifs is 1. The van der Waals surface area contributed by atoms with E-state index in [0.717, 1.165) is 36.1 Å². The van der Waals surface area contributed by atoms with Crippen molar-refractivity contribution in [3.8, 4) is 5.75 Å². The fourth-order valence-corrected chi connectivity index (χ4v) is 4.04. The highest BCUT2D eigenvalue weighted by Crippen LogP contribution is 2.38. The van der Waals surface area contributed by atoms with E-state index >= 15 is 0 Å². The first-order chi connectivity index (χ1) is 10.6. The van der Waals surface area contributed by atoms with E-state index < -0.39 is 11.8 Å². The molecule has 0 radical (unpaired) electrons. The maximum Gasteiger partial charge on any atom is 0.260 e. The van der Waals surface area contributed by atoms with Gasteiger partial charge in [0.25, 0.3) is 11.8 Å². The maximum atomic E-state index is 12.3. The number of benzene rings is 1. The van der Waals surface area contributed by atoms with Gasteiger partial charge in [0, 0.05) is 4.88 Å². The lowest BCUT2D eigenvalue weighted by molar-refractivity contribution is 0.100. The Balaban J connectivity index is 1.95. The second-order valence-corrected chi connectivity index (χ2v) is 6.36. The number of phenols is 1. The normalized spacial score (nSPS) is 13.5. The molecule has 5 nitrogen and oxygen atoms in total. The Hall–Kier alpha value is -2.34. The van der Waals surface area contributed by atoms with Crippen molar-refractivity contribution >= 4 is 28.2 Å². The van der Waals surface area contributed by atoms with Gasteiger partial charge in [-0.1, -0.05) is 12.1 Å². The molecule has 22 heavy (non-hydrogen) atoms. The molecule has 1 heterocycles. The number of anilines is 1. The van der Waals surface area contributed by atoms with E-state index in [0.29, 0.717) is 10.6 Å². The topological polar surface area (TPSA) is 92.4 Å². The van der Waals surface area contributed by atoms with E-state index in [2.05, 4.69) is 5.32 Å². The van der Waals surface area contributed by atoms with Crippen LogP contribution >= 0.6 is 11.3 Å². The monoisotopic (exact) mass is 316 g/mol. The summed E-state index contributed by atoms with van der Waals surface area (Å²) in [6.45, 7) is 0. The van der Waals surface area contributed by atoms with E-state index in [1.807, 2.05) is 0 Å². The standard InChI is InChI=1S/C16H16N2O3S/c17-14(20)13-10-6-2-4-8-12(10)22-16(13)18-15(21)9-5-1-3-7-11(9)19/h1,3,5,7,19H,2,4,6,8H2,(H2,17,20)(H,18,21). The van der Waals surface area contributed by atoms with Gasteiger partial charge in [-0.25, -0.2) is 0 Å². The summed E-state index contributed by atoms with van der Waals surface area (Å²) in [6.07, 6.45) is 3.83. The van der Waals surface area contributed by atoms with E-state index in [1.54, 1.807) is 12.1 Å². The smallest absolute Gasteiger partial charge is 0.260 e. The van der Waals surface area contributed by atoms with E-state index in [9.17, 15) is 14.7 Å². The van der Waals surface area contributed by atoms with Crippen LogP contribution in [0.2, 0.25) is 0 Å². The first-order valence-corrected chi connectivity index (χ1v) is 7.93. The second-order valence-electron chi connectivity index (χ2n) is 5.25. The Kier molecular flexibility index (Phi) is 3.85. The van der Waals surface area contributed by atoms with Crippen molar-refractivity contribution in [2.75, 3.05) is 5.32 Å². The lowest BCUT2D eigenvalue weighted by atomic mass is 9.95.